The van der Waals surface area contributed by atoms with Crippen LogP contribution in [0.25, 0.3) is 0 Å². The van der Waals surface area contributed by atoms with Gasteiger partial charge < -0.3 is 5.11 Å². The lowest BCUT2D eigenvalue weighted by molar-refractivity contribution is 0.0960. The van der Waals surface area contributed by atoms with Crippen molar-refractivity contribution < 1.29 is 9.90 Å². The fourth-order valence-electron chi connectivity index (χ4n) is 3.42. The number of fused-ring (bicyclic) bond motifs is 1. The second-order valence-electron chi connectivity index (χ2n) is 5.85. The number of Topliss-reactive ketones (excluding diaryl/α,β-unsaturated/α-hetero) is 1. The Labute approximate surface area is 113 Å². The highest BCUT2D eigenvalue weighted by Gasteiger charge is 2.28. The zero-order valence-electron chi connectivity index (χ0n) is 11.3. The van der Waals surface area contributed by atoms with Gasteiger partial charge in [0.1, 0.15) is 0 Å². The molecule has 2 aliphatic rings. The number of hydrogen-bond acceptors (Lipinski definition) is 3. The van der Waals surface area contributed by atoms with Crippen LogP contribution in [0.4, 0.5) is 0 Å². The molecule has 1 N–H and O–H groups in total. The second-order valence-corrected chi connectivity index (χ2v) is 5.85. The number of aromatic nitrogens is 2. The lowest BCUT2D eigenvalue weighted by Crippen LogP contribution is -2.25. The minimum absolute atomic E-state index is 0.0668. The van der Waals surface area contributed by atoms with Crippen LogP contribution in [-0.4, -0.2) is 26.8 Å². The van der Waals surface area contributed by atoms with Crippen molar-refractivity contribution >= 4 is 5.78 Å². The van der Waals surface area contributed by atoms with Crippen molar-refractivity contribution in [2.45, 2.75) is 69.9 Å². The molecule has 2 atom stereocenters. The number of rotatable bonds is 1. The van der Waals surface area contributed by atoms with Crippen molar-refractivity contribution in [3.8, 4) is 0 Å². The summed E-state index contributed by atoms with van der Waals surface area (Å²) in [5, 5.41) is 14.8. The summed E-state index contributed by atoms with van der Waals surface area (Å²) in [4.78, 5) is 12.0. The van der Waals surface area contributed by atoms with Gasteiger partial charge >= 0.3 is 0 Å². The Balaban J connectivity index is 1.94. The molecule has 0 spiro atoms. The number of aliphatic hydroxyl groups is 1. The van der Waals surface area contributed by atoms with Crippen molar-refractivity contribution in [1.29, 1.82) is 0 Å². The Bertz CT molecular complexity index is 467. The number of carbonyl (C=O) groups excluding carboxylic acids is 1. The second kappa shape index (κ2) is 5.45. The molecular formula is C15H22N2O2. The van der Waals surface area contributed by atoms with Crippen LogP contribution < -0.4 is 0 Å². The molecule has 0 radical (unpaired) electrons. The van der Waals surface area contributed by atoms with Gasteiger partial charge in [0, 0.05) is 12.1 Å². The average molecular weight is 262 g/mol. The Morgan fingerprint density at radius 1 is 1.11 bits per heavy atom. The number of carbonyl (C=O) groups is 1. The first-order chi connectivity index (χ1) is 9.27. The summed E-state index contributed by atoms with van der Waals surface area (Å²) in [7, 11) is 0. The van der Waals surface area contributed by atoms with Crippen molar-refractivity contribution in [2.75, 3.05) is 0 Å². The van der Waals surface area contributed by atoms with Crippen LogP contribution in [0.3, 0.4) is 0 Å². The molecule has 1 aromatic rings. The largest absolute Gasteiger partial charge is 0.391 e. The van der Waals surface area contributed by atoms with Gasteiger partial charge in [-0.1, -0.05) is 19.3 Å². The Morgan fingerprint density at radius 3 is 2.79 bits per heavy atom. The molecule has 0 aliphatic heterocycles. The first kappa shape index (κ1) is 12.9. The van der Waals surface area contributed by atoms with E-state index in [1.807, 2.05) is 4.68 Å². The smallest absolute Gasteiger partial charge is 0.166 e. The number of aliphatic hydroxyl groups excluding tert-OH is 1. The van der Waals surface area contributed by atoms with E-state index in [2.05, 4.69) is 5.10 Å². The van der Waals surface area contributed by atoms with Crippen LogP contribution in [-0.2, 0) is 6.42 Å². The third kappa shape index (κ3) is 2.46. The first-order valence-electron chi connectivity index (χ1n) is 7.55. The van der Waals surface area contributed by atoms with Crippen LogP contribution in [0.15, 0.2) is 6.20 Å². The molecule has 19 heavy (non-hydrogen) atoms. The van der Waals surface area contributed by atoms with Gasteiger partial charge in [0.25, 0.3) is 0 Å². The van der Waals surface area contributed by atoms with Gasteiger partial charge in [0.2, 0.25) is 0 Å². The summed E-state index contributed by atoms with van der Waals surface area (Å²) < 4.78 is 1.97. The Kier molecular flexibility index (Phi) is 3.69. The molecule has 1 heterocycles. The maximum Gasteiger partial charge on any atom is 0.166 e. The highest BCUT2D eigenvalue weighted by atomic mass is 16.3. The topological polar surface area (TPSA) is 55.1 Å². The van der Waals surface area contributed by atoms with Gasteiger partial charge in [-0.3, -0.25) is 9.48 Å². The summed E-state index contributed by atoms with van der Waals surface area (Å²) >= 11 is 0. The van der Waals surface area contributed by atoms with Gasteiger partial charge in [-0.05, 0) is 32.1 Å². The molecule has 4 nitrogen and oxygen atoms in total. The average Bonchev–Trinajstić information content (AvgIpc) is 2.57. The van der Waals surface area contributed by atoms with Crippen LogP contribution >= 0.6 is 0 Å². The van der Waals surface area contributed by atoms with E-state index in [9.17, 15) is 9.90 Å². The van der Waals surface area contributed by atoms with E-state index >= 15 is 0 Å². The standard InChI is InChI=1S/C15H22N2O2/c18-14-8-5-4-6-12-11(14)10-16-17(12)13-7-2-1-3-9-15(13)19/h10,13,15,19H,1-9H2. The van der Waals surface area contributed by atoms with Crippen LogP contribution in [0.2, 0.25) is 0 Å². The summed E-state index contributed by atoms with van der Waals surface area (Å²) in [5.74, 6) is 0.224. The number of nitrogens with zero attached hydrogens (tertiary/aromatic N) is 2. The van der Waals surface area contributed by atoms with E-state index < -0.39 is 0 Å². The van der Waals surface area contributed by atoms with E-state index in [0.29, 0.717) is 6.42 Å². The van der Waals surface area contributed by atoms with Crippen molar-refractivity contribution in [3.05, 3.63) is 17.5 Å². The van der Waals surface area contributed by atoms with E-state index in [1.165, 1.54) is 6.42 Å². The van der Waals surface area contributed by atoms with Crippen molar-refractivity contribution in [1.82, 2.24) is 9.78 Å². The predicted molar refractivity (Wildman–Crippen MR) is 72.2 cm³/mol. The highest BCUT2D eigenvalue weighted by molar-refractivity contribution is 5.97. The molecule has 0 bridgehead atoms. The molecule has 1 aromatic heterocycles. The molecule has 0 aromatic carbocycles. The lowest BCUT2D eigenvalue weighted by atomic mass is 10.0. The van der Waals surface area contributed by atoms with E-state index in [4.69, 9.17) is 0 Å². The fraction of sp³-hybridized carbons (Fsp3) is 0.733. The maximum atomic E-state index is 12.0. The van der Waals surface area contributed by atoms with Gasteiger partial charge in [-0.2, -0.15) is 5.10 Å². The van der Waals surface area contributed by atoms with E-state index in [-0.39, 0.29) is 17.9 Å². The zero-order valence-corrected chi connectivity index (χ0v) is 11.3. The highest BCUT2D eigenvalue weighted by Crippen LogP contribution is 2.31. The van der Waals surface area contributed by atoms with Crippen molar-refractivity contribution in [2.24, 2.45) is 0 Å². The van der Waals surface area contributed by atoms with E-state index in [0.717, 1.165) is 56.2 Å². The quantitative estimate of drug-likeness (QED) is 0.625. The molecule has 2 unspecified atom stereocenters. The molecular weight excluding hydrogens is 240 g/mol. The monoisotopic (exact) mass is 262 g/mol. The van der Waals surface area contributed by atoms with Crippen LogP contribution in [0.5, 0.6) is 0 Å². The number of ketones is 1. The molecule has 1 saturated carbocycles. The summed E-state index contributed by atoms with van der Waals surface area (Å²) in [5.41, 5.74) is 1.86. The van der Waals surface area contributed by atoms with Gasteiger partial charge in [-0.25, -0.2) is 0 Å². The minimum Gasteiger partial charge on any atom is -0.391 e. The molecule has 104 valence electrons. The first-order valence-corrected chi connectivity index (χ1v) is 7.55. The maximum absolute atomic E-state index is 12.0. The summed E-state index contributed by atoms with van der Waals surface area (Å²) in [6.07, 6.45) is 10.3. The summed E-state index contributed by atoms with van der Waals surface area (Å²) in [6.45, 7) is 0. The molecule has 0 amide bonds. The Hall–Kier alpha value is -1.16. The Morgan fingerprint density at radius 2 is 1.89 bits per heavy atom. The van der Waals surface area contributed by atoms with Gasteiger partial charge in [-0.15, -0.1) is 0 Å². The van der Waals surface area contributed by atoms with Gasteiger partial charge in [0.05, 0.1) is 23.9 Å². The minimum atomic E-state index is -0.315. The zero-order chi connectivity index (χ0) is 13.2. The van der Waals surface area contributed by atoms with Crippen LogP contribution in [0, 0.1) is 0 Å². The third-order valence-electron chi connectivity index (χ3n) is 4.52. The molecule has 2 aliphatic carbocycles. The molecule has 0 saturated heterocycles. The summed E-state index contributed by atoms with van der Waals surface area (Å²) in [6, 6.07) is 0.0668. The molecule has 3 rings (SSSR count). The SMILES string of the molecule is O=C1CCCCc2c1cnn2C1CCCCCC1O. The molecule has 1 fully saturated rings. The van der Waals surface area contributed by atoms with Crippen molar-refractivity contribution in [3.63, 3.8) is 0 Å². The van der Waals surface area contributed by atoms with Gasteiger partial charge in [0.15, 0.2) is 5.78 Å². The number of hydrogen-bond donors (Lipinski definition) is 1. The third-order valence-corrected chi connectivity index (χ3v) is 4.52. The predicted octanol–water partition coefficient (Wildman–Crippen LogP) is 2.66. The molecule has 4 heteroatoms. The normalized spacial score (nSPS) is 28.6. The fourth-order valence-corrected chi connectivity index (χ4v) is 3.42. The van der Waals surface area contributed by atoms with E-state index in [1.54, 1.807) is 6.20 Å². The van der Waals surface area contributed by atoms with Crippen LogP contribution in [0.1, 0.15) is 73.5 Å². The lowest BCUT2D eigenvalue weighted by Gasteiger charge is -2.23.